The summed E-state index contributed by atoms with van der Waals surface area (Å²) in [5.74, 6) is 0.343. The van der Waals surface area contributed by atoms with Crippen molar-refractivity contribution < 1.29 is 14.5 Å². The number of amides is 1. The zero-order chi connectivity index (χ0) is 19.4. The molecule has 3 rings (SSSR count). The molecule has 3 aromatic rings. The predicted octanol–water partition coefficient (Wildman–Crippen LogP) is 3.55. The Hall–Kier alpha value is -3.68. The van der Waals surface area contributed by atoms with Gasteiger partial charge in [0.1, 0.15) is 11.4 Å². The molecule has 2 N–H and O–H groups in total. The van der Waals surface area contributed by atoms with Crippen molar-refractivity contribution in [1.82, 2.24) is 10.4 Å². The predicted molar refractivity (Wildman–Crippen MR) is 102 cm³/mol. The molecule has 1 amide bonds. The highest BCUT2D eigenvalue weighted by Gasteiger charge is 2.16. The van der Waals surface area contributed by atoms with Crippen LogP contribution in [0.4, 0.5) is 5.69 Å². The Kier molecular flexibility index (Phi) is 5.16. The Labute approximate surface area is 155 Å². The lowest BCUT2D eigenvalue weighted by Gasteiger charge is -2.02. The molecule has 0 bridgehead atoms. The van der Waals surface area contributed by atoms with Crippen LogP contribution in [0.2, 0.25) is 0 Å². The number of H-pyrrole nitrogens is 1. The van der Waals surface area contributed by atoms with Gasteiger partial charge in [-0.05, 0) is 55.3 Å². The summed E-state index contributed by atoms with van der Waals surface area (Å²) in [6.07, 6.45) is 1.52. The van der Waals surface area contributed by atoms with Crippen LogP contribution in [-0.4, -0.2) is 28.6 Å². The minimum Gasteiger partial charge on any atom is -0.494 e. The van der Waals surface area contributed by atoms with Gasteiger partial charge in [-0.1, -0.05) is 0 Å². The maximum atomic E-state index is 12.4. The minimum atomic E-state index is -0.466. The molecule has 138 valence electrons. The Morgan fingerprint density at radius 1 is 1.30 bits per heavy atom. The highest BCUT2D eigenvalue weighted by Crippen LogP contribution is 2.26. The van der Waals surface area contributed by atoms with Gasteiger partial charge in [0.05, 0.1) is 17.7 Å². The fourth-order valence-corrected chi connectivity index (χ4v) is 2.69. The maximum absolute atomic E-state index is 12.4. The van der Waals surface area contributed by atoms with E-state index in [0.29, 0.717) is 28.8 Å². The van der Waals surface area contributed by atoms with Gasteiger partial charge in [0, 0.05) is 23.0 Å². The third kappa shape index (κ3) is 3.95. The summed E-state index contributed by atoms with van der Waals surface area (Å²) < 4.78 is 5.37. The molecule has 8 heteroatoms. The zero-order valence-corrected chi connectivity index (χ0v) is 14.9. The van der Waals surface area contributed by atoms with Crippen LogP contribution in [-0.2, 0) is 0 Å². The van der Waals surface area contributed by atoms with Crippen LogP contribution >= 0.6 is 0 Å². The average molecular weight is 366 g/mol. The molecule has 0 aliphatic carbocycles. The molecule has 2 aromatic carbocycles. The molecule has 0 radical (unpaired) electrons. The topological polar surface area (TPSA) is 110 Å². The van der Waals surface area contributed by atoms with Crippen molar-refractivity contribution in [3.8, 4) is 5.75 Å². The van der Waals surface area contributed by atoms with Gasteiger partial charge in [-0.15, -0.1) is 0 Å². The summed E-state index contributed by atoms with van der Waals surface area (Å²) >= 11 is 0. The summed E-state index contributed by atoms with van der Waals surface area (Å²) in [6, 6.07) is 11.7. The van der Waals surface area contributed by atoms with E-state index in [9.17, 15) is 14.9 Å². The maximum Gasteiger partial charge on any atom is 0.288 e. The van der Waals surface area contributed by atoms with Gasteiger partial charge in [-0.2, -0.15) is 5.10 Å². The van der Waals surface area contributed by atoms with Crippen molar-refractivity contribution in [2.24, 2.45) is 5.10 Å². The number of aromatic nitrogens is 1. The number of hydrogen-bond donors (Lipinski definition) is 2. The number of aromatic amines is 1. The molecule has 1 aromatic heterocycles. The average Bonchev–Trinajstić information content (AvgIpc) is 2.99. The molecule has 1 heterocycles. The van der Waals surface area contributed by atoms with Gasteiger partial charge in [0.15, 0.2) is 0 Å². The molecule has 0 unspecified atom stereocenters. The standard InChI is InChI=1S/C19H18N4O4/c1-3-27-15-7-4-13(5-8-15)11-20-22-19(24)18-12(2)16-10-14(23(25)26)6-9-17(16)21-18/h4-11,21H,3H2,1-2H3,(H,22,24). The van der Waals surface area contributed by atoms with E-state index in [-0.39, 0.29) is 5.69 Å². The highest BCUT2D eigenvalue weighted by atomic mass is 16.6. The van der Waals surface area contributed by atoms with Crippen LogP contribution in [0.15, 0.2) is 47.6 Å². The first-order valence-corrected chi connectivity index (χ1v) is 8.32. The molecule has 0 saturated carbocycles. The number of carbonyl (C=O) groups is 1. The smallest absolute Gasteiger partial charge is 0.288 e. The second kappa shape index (κ2) is 7.69. The van der Waals surface area contributed by atoms with E-state index in [1.54, 1.807) is 13.0 Å². The number of nitrogens with zero attached hydrogens (tertiary/aromatic N) is 2. The SMILES string of the molecule is CCOc1ccc(C=NNC(=O)c2[nH]c3ccc([N+](=O)[O-])cc3c2C)cc1. The molecule has 0 spiro atoms. The van der Waals surface area contributed by atoms with Gasteiger partial charge >= 0.3 is 0 Å². The third-order valence-electron chi connectivity index (χ3n) is 4.05. The van der Waals surface area contributed by atoms with E-state index in [1.165, 1.54) is 18.3 Å². The summed E-state index contributed by atoms with van der Waals surface area (Å²) in [5, 5.41) is 15.5. The van der Waals surface area contributed by atoms with Crippen LogP contribution in [0, 0.1) is 17.0 Å². The first kappa shape index (κ1) is 18.1. The number of nitrogens with one attached hydrogen (secondary N) is 2. The van der Waals surface area contributed by atoms with Crippen LogP contribution in [0.3, 0.4) is 0 Å². The van der Waals surface area contributed by atoms with Crippen molar-refractivity contribution in [1.29, 1.82) is 0 Å². The van der Waals surface area contributed by atoms with Crippen LogP contribution in [0.25, 0.3) is 10.9 Å². The van der Waals surface area contributed by atoms with Gasteiger partial charge < -0.3 is 9.72 Å². The summed E-state index contributed by atoms with van der Waals surface area (Å²) in [6.45, 7) is 4.24. The molecule has 27 heavy (non-hydrogen) atoms. The van der Waals surface area contributed by atoms with Crippen LogP contribution in [0.1, 0.15) is 28.5 Å². The first-order chi connectivity index (χ1) is 13.0. The Balaban J connectivity index is 1.74. The number of nitro benzene ring substituents is 1. The third-order valence-corrected chi connectivity index (χ3v) is 4.05. The summed E-state index contributed by atoms with van der Waals surface area (Å²) in [7, 11) is 0. The summed E-state index contributed by atoms with van der Waals surface area (Å²) in [4.78, 5) is 25.8. The molecular weight excluding hydrogens is 348 g/mol. The lowest BCUT2D eigenvalue weighted by atomic mass is 10.1. The van der Waals surface area contributed by atoms with Gasteiger partial charge in [0.2, 0.25) is 0 Å². The highest BCUT2D eigenvalue weighted by molar-refractivity contribution is 6.01. The van der Waals surface area contributed by atoms with Crippen molar-refractivity contribution in [3.05, 3.63) is 69.4 Å². The van der Waals surface area contributed by atoms with Gasteiger partial charge in [0.25, 0.3) is 11.6 Å². The Bertz CT molecular complexity index is 1020. The van der Waals surface area contributed by atoms with E-state index in [1.807, 2.05) is 31.2 Å². The van der Waals surface area contributed by atoms with Gasteiger partial charge in [-0.3, -0.25) is 14.9 Å². The zero-order valence-electron chi connectivity index (χ0n) is 14.9. The second-order valence-electron chi connectivity index (χ2n) is 5.81. The van der Waals surface area contributed by atoms with Crippen molar-refractivity contribution in [2.45, 2.75) is 13.8 Å². The quantitative estimate of drug-likeness (QED) is 0.395. The monoisotopic (exact) mass is 366 g/mol. The number of ether oxygens (including phenoxy) is 1. The normalized spacial score (nSPS) is 11.0. The van der Waals surface area contributed by atoms with E-state index >= 15 is 0 Å². The molecule has 0 atom stereocenters. The van der Waals surface area contributed by atoms with Crippen molar-refractivity contribution in [2.75, 3.05) is 6.61 Å². The van der Waals surface area contributed by atoms with E-state index in [2.05, 4.69) is 15.5 Å². The number of hydrazone groups is 1. The number of hydrogen-bond acceptors (Lipinski definition) is 5. The fraction of sp³-hybridized carbons (Fsp3) is 0.158. The molecule has 0 aliphatic heterocycles. The molecule has 0 fully saturated rings. The minimum absolute atomic E-state index is 0.0231. The number of fused-ring (bicyclic) bond motifs is 1. The molecule has 8 nitrogen and oxygen atoms in total. The Morgan fingerprint density at radius 2 is 2.04 bits per heavy atom. The Morgan fingerprint density at radius 3 is 2.70 bits per heavy atom. The van der Waals surface area contributed by atoms with Crippen molar-refractivity contribution >= 4 is 28.7 Å². The lowest BCUT2D eigenvalue weighted by Crippen LogP contribution is -2.18. The summed E-state index contributed by atoms with van der Waals surface area (Å²) in [5.41, 5.74) is 4.84. The van der Waals surface area contributed by atoms with E-state index in [4.69, 9.17) is 4.74 Å². The number of benzene rings is 2. The van der Waals surface area contributed by atoms with Gasteiger partial charge in [-0.25, -0.2) is 5.43 Å². The number of rotatable bonds is 6. The van der Waals surface area contributed by atoms with Crippen molar-refractivity contribution in [3.63, 3.8) is 0 Å². The molecule has 0 saturated heterocycles. The first-order valence-electron chi connectivity index (χ1n) is 8.32. The number of carbonyl (C=O) groups excluding carboxylic acids is 1. The second-order valence-corrected chi connectivity index (χ2v) is 5.81. The molecular formula is C19H18N4O4. The fourth-order valence-electron chi connectivity index (χ4n) is 2.69. The van der Waals surface area contributed by atoms with Crippen LogP contribution in [0.5, 0.6) is 5.75 Å². The lowest BCUT2D eigenvalue weighted by molar-refractivity contribution is -0.384. The number of non-ortho nitro benzene ring substituents is 1. The van der Waals surface area contributed by atoms with Crippen LogP contribution < -0.4 is 10.2 Å². The largest absolute Gasteiger partial charge is 0.494 e. The number of aryl methyl sites for hydroxylation is 1. The van der Waals surface area contributed by atoms with E-state index in [0.717, 1.165) is 11.3 Å². The number of nitro groups is 1. The van der Waals surface area contributed by atoms with E-state index < -0.39 is 10.8 Å². The molecule has 0 aliphatic rings.